The summed E-state index contributed by atoms with van der Waals surface area (Å²) in [5, 5.41) is 18.0. The van der Waals surface area contributed by atoms with E-state index >= 15 is 0 Å². The lowest BCUT2D eigenvalue weighted by Gasteiger charge is -2.30. The molecule has 0 amide bonds. The quantitative estimate of drug-likeness (QED) is 0.662. The minimum Gasteiger partial charge on any atom is -0.377 e. The van der Waals surface area contributed by atoms with Gasteiger partial charge < -0.3 is 10.6 Å². The molecule has 102 valence electrons. The van der Waals surface area contributed by atoms with E-state index in [2.05, 4.69) is 26.6 Å². The number of nitro benzene ring substituents is 1. The van der Waals surface area contributed by atoms with Gasteiger partial charge in [-0.15, -0.1) is 0 Å². The molecule has 0 spiro atoms. The Morgan fingerprint density at radius 2 is 2.00 bits per heavy atom. The number of halogens is 1. The third-order valence-corrected chi connectivity index (χ3v) is 4.48. The second kappa shape index (κ2) is 5.09. The predicted octanol–water partition coefficient (Wildman–Crippen LogP) is 3.05. The Kier molecular flexibility index (Phi) is 3.45. The zero-order valence-electron chi connectivity index (χ0n) is 10.4. The summed E-state index contributed by atoms with van der Waals surface area (Å²) in [4.78, 5) is 10.8. The highest BCUT2D eigenvalue weighted by Crippen LogP contribution is 2.33. The van der Waals surface area contributed by atoms with Crippen molar-refractivity contribution in [3.63, 3.8) is 0 Å². The average Bonchev–Trinajstić information content (AvgIpc) is 2.71. The smallest absolute Gasteiger partial charge is 0.293 e. The maximum absolute atomic E-state index is 11.1. The van der Waals surface area contributed by atoms with Gasteiger partial charge in [-0.05, 0) is 37.8 Å². The number of nitrogens with zero attached hydrogens (tertiary/aromatic N) is 1. The third-order valence-electron chi connectivity index (χ3n) is 3.99. The number of benzene rings is 1. The molecule has 2 fully saturated rings. The summed E-state index contributed by atoms with van der Waals surface area (Å²) in [6, 6.07) is 6.66. The summed E-state index contributed by atoms with van der Waals surface area (Å²) >= 11 is 3.28. The highest BCUT2D eigenvalue weighted by molar-refractivity contribution is 9.10. The second-order valence-corrected chi connectivity index (χ2v) is 6.28. The molecule has 19 heavy (non-hydrogen) atoms. The standard InChI is InChI=1S/C13H16BrN3O2/c14-8-1-4-12(13(5-8)17(18)19)16-11-6-9-2-3-10(7-11)15-9/h1,4-5,9-11,15-16H,2-3,6-7H2. The molecule has 2 bridgehead atoms. The van der Waals surface area contributed by atoms with Gasteiger partial charge in [0.1, 0.15) is 5.69 Å². The third kappa shape index (κ3) is 2.74. The van der Waals surface area contributed by atoms with E-state index in [1.54, 1.807) is 12.1 Å². The molecule has 3 rings (SSSR count). The number of piperidine rings is 1. The van der Waals surface area contributed by atoms with Gasteiger partial charge in [0.25, 0.3) is 5.69 Å². The molecule has 0 radical (unpaired) electrons. The Labute approximate surface area is 120 Å². The fourth-order valence-electron chi connectivity index (χ4n) is 3.17. The molecular weight excluding hydrogens is 310 g/mol. The molecule has 6 heteroatoms. The van der Waals surface area contributed by atoms with E-state index in [-0.39, 0.29) is 10.6 Å². The van der Waals surface area contributed by atoms with Crippen LogP contribution < -0.4 is 10.6 Å². The van der Waals surface area contributed by atoms with Gasteiger partial charge in [0.15, 0.2) is 0 Å². The van der Waals surface area contributed by atoms with Crippen molar-refractivity contribution >= 4 is 27.3 Å². The molecule has 0 aliphatic carbocycles. The molecule has 2 aliphatic heterocycles. The van der Waals surface area contributed by atoms with Crippen molar-refractivity contribution in [2.45, 2.75) is 43.8 Å². The predicted molar refractivity (Wildman–Crippen MR) is 77.4 cm³/mol. The van der Waals surface area contributed by atoms with Gasteiger partial charge in [0.2, 0.25) is 0 Å². The van der Waals surface area contributed by atoms with Gasteiger partial charge in [-0.1, -0.05) is 15.9 Å². The van der Waals surface area contributed by atoms with Crippen LogP contribution in [-0.4, -0.2) is 23.0 Å². The number of nitro groups is 1. The average molecular weight is 326 g/mol. The lowest BCUT2D eigenvalue weighted by atomic mass is 9.99. The zero-order valence-corrected chi connectivity index (χ0v) is 12.0. The number of hydrogen-bond donors (Lipinski definition) is 2. The lowest BCUT2D eigenvalue weighted by Crippen LogP contribution is -2.43. The van der Waals surface area contributed by atoms with Crippen LogP contribution in [0.2, 0.25) is 0 Å². The number of rotatable bonds is 3. The fourth-order valence-corrected chi connectivity index (χ4v) is 3.52. The van der Waals surface area contributed by atoms with E-state index in [1.807, 2.05) is 6.07 Å². The number of anilines is 1. The largest absolute Gasteiger partial charge is 0.377 e. The molecule has 2 unspecified atom stereocenters. The molecule has 5 nitrogen and oxygen atoms in total. The molecule has 0 aromatic heterocycles. The summed E-state index contributed by atoms with van der Waals surface area (Å²) in [7, 11) is 0. The maximum Gasteiger partial charge on any atom is 0.293 e. The highest BCUT2D eigenvalue weighted by Gasteiger charge is 2.34. The van der Waals surface area contributed by atoms with Crippen molar-refractivity contribution in [3.8, 4) is 0 Å². The highest BCUT2D eigenvalue weighted by atomic mass is 79.9. The van der Waals surface area contributed by atoms with Crippen molar-refractivity contribution in [2.24, 2.45) is 0 Å². The van der Waals surface area contributed by atoms with Crippen LogP contribution >= 0.6 is 15.9 Å². The molecular formula is C13H16BrN3O2. The first kappa shape index (κ1) is 12.9. The molecule has 0 saturated carbocycles. The number of nitrogens with one attached hydrogen (secondary N) is 2. The van der Waals surface area contributed by atoms with E-state index in [1.165, 1.54) is 12.8 Å². The maximum atomic E-state index is 11.1. The van der Waals surface area contributed by atoms with Gasteiger partial charge in [0, 0.05) is 28.7 Å². The zero-order chi connectivity index (χ0) is 13.4. The van der Waals surface area contributed by atoms with Crippen molar-refractivity contribution in [1.82, 2.24) is 5.32 Å². The Morgan fingerprint density at radius 3 is 2.63 bits per heavy atom. The monoisotopic (exact) mass is 325 g/mol. The van der Waals surface area contributed by atoms with Gasteiger partial charge in [-0.2, -0.15) is 0 Å². The van der Waals surface area contributed by atoms with Crippen molar-refractivity contribution in [2.75, 3.05) is 5.32 Å². The fraction of sp³-hybridized carbons (Fsp3) is 0.538. The van der Waals surface area contributed by atoms with Crippen LogP contribution in [0.15, 0.2) is 22.7 Å². The summed E-state index contributed by atoms with van der Waals surface area (Å²) in [6.45, 7) is 0. The topological polar surface area (TPSA) is 67.2 Å². The molecule has 2 N–H and O–H groups in total. The summed E-state index contributed by atoms with van der Waals surface area (Å²) in [6.07, 6.45) is 4.55. The van der Waals surface area contributed by atoms with Gasteiger partial charge in [0.05, 0.1) is 4.92 Å². The van der Waals surface area contributed by atoms with Crippen LogP contribution in [0, 0.1) is 10.1 Å². The SMILES string of the molecule is O=[N+]([O-])c1cc(Br)ccc1NC1CC2CCC(C1)N2. The van der Waals surface area contributed by atoms with Crippen LogP contribution in [0.4, 0.5) is 11.4 Å². The van der Waals surface area contributed by atoms with Gasteiger partial charge in [-0.3, -0.25) is 10.1 Å². The number of fused-ring (bicyclic) bond motifs is 2. The van der Waals surface area contributed by atoms with E-state index in [4.69, 9.17) is 0 Å². The number of hydrogen-bond acceptors (Lipinski definition) is 4. The molecule has 2 heterocycles. The molecule has 1 aromatic carbocycles. The molecule has 1 aromatic rings. The Bertz CT molecular complexity index is 497. The van der Waals surface area contributed by atoms with Crippen molar-refractivity contribution < 1.29 is 4.92 Å². The van der Waals surface area contributed by atoms with E-state index in [0.717, 1.165) is 17.3 Å². The van der Waals surface area contributed by atoms with Crippen LogP contribution in [0.1, 0.15) is 25.7 Å². The molecule has 2 saturated heterocycles. The summed E-state index contributed by atoms with van der Waals surface area (Å²) < 4.78 is 0.732. The minimum atomic E-state index is -0.331. The summed E-state index contributed by atoms with van der Waals surface area (Å²) in [5.74, 6) is 0. The van der Waals surface area contributed by atoms with Crippen LogP contribution in [0.3, 0.4) is 0 Å². The van der Waals surface area contributed by atoms with Gasteiger partial charge >= 0.3 is 0 Å². The van der Waals surface area contributed by atoms with E-state index in [0.29, 0.717) is 23.8 Å². The first-order chi connectivity index (χ1) is 9.11. The van der Waals surface area contributed by atoms with Crippen LogP contribution in [0.25, 0.3) is 0 Å². The van der Waals surface area contributed by atoms with Crippen molar-refractivity contribution in [1.29, 1.82) is 0 Å². The lowest BCUT2D eigenvalue weighted by molar-refractivity contribution is -0.384. The van der Waals surface area contributed by atoms with Crippen LogP contribution in [0.5, 0.6) is 0 Å². The normalized spacial score (nSPS) is 29.2. The van der Waals surface area contributed by atoms with Gasteiger partial charge in [-0.25, -0.2) is 0 Å². The Morgan fingerprint density at radius 1 is 1.32 bits per heavy atom. The molecule has 2 aliphatic rings. The van der Waals surface area contributed by atoms with Crippen LogP contribution in [-0.2, 0) is 0 Å². The minimum absolute atomic E-state index is 0.139. The first-order valence-corrected chi connectivity index (χ1v) is 7.37. The van der Waals surface area contributed by atoms with E-state index in [9.17, 15) is 10.1 Å². The Balaban J connectivity index is 1.78. The Hall–Kier alpha value is -1.14. The first-order valence-electron chi connectivity index (χ1n) is 6.58. The second-order valence-electron chi connectivity index (χ2n) is 5.37. The molecule has 2 atom stereocenters. The summed E-state index contributed by atoms with van der Waals surface area (Å²) in [5.41, 5.74) is 0.764. The van der Waals surface area contributed by atoms with Crippen molar-refractivity contribution in [3.05, 3.63) is 32.8 Å². The van der Waals surface area contributed by atoms with E-state index < -0.39 is 0 Å².